The molecule has 0 fully saturated rings. The lowest BCUT2D eigenvalue weighted by Crippen LogP contribution is -2.26. The summed E-state index contributed by atoms with van der Waals surface area (Å²) in [7, 11) is 0. The molecule has 28 heavy (non-hydrogen) atoms. The summed E-state index contributed by atoms with van der Waals surface area (Å²) in [6.45, 7) is 6.38. The first-order chi connectivity index (χ1) is 13.5. The molecule has 3 aromatic rings. The molecule has 0 bridgehead atoms. The van der Waals surface area contributed by atoms with Gasteiger partial charge >= 0.3 is 0 Å². The van der Waals surface area contributed by atoms with Crippen molar-refractivity contribution >= 4 is 23.2 Å². The molecule has 0 saturated carbocycles. The van der Waals surface area contributed by atoms with Crippen molar-refractivity contribution in [3.63, 3.8) is 0 Å². The van der Waals surface area contributed by atoms with E-state index in [2.05, 4.69) is 59.2 Å². The molecule has 1 N–H and O–H groups in total. The smallest absolute Gasteiger partial charge is 0.258 e. The fraction of sp³-hybridized carbons (Fsp3) is 0.261. The SMILES string of the molecule is CC(C)c1ccccc1NC(=O)c1cnc(N2c3ccccc3CC2C)nc1. The first kappa shape index (κ1) is 18.2. The van der Waals surface area contributed by atoms with Crippen LogP contribution in [0.3, 0.4) is 0 Å². The average molecular weight is 372 g/mol. The van der Waals surface area contributed by atoms with Crippen LogP contribution in [0.2, 0.25) is 0 Å². The second kappa shape index (κ2) is 7.43. The van der Waals surface area contributed by atoms with Crippen LogP contribution in [-0.2, 0) is 6.42 Å². The van der Waals surface area contributed by atoms with Crippen molar-refractivity contribution in [2.24, 2.45) is 0 Å². The molecule has 1 atom stereocenters. The number of benzene rings is 2. The zero-order chi connectivity index (χ0) is 19.7. The van der Waals surface area contributed by atoms with E-state index in [0.717, 1.165) is 23.4 Å². The van der Waals surface area contributed by atoms with E-state index in [-0.39, 0.29) is 11.9 Å². The van der Waals surface area contributed by atoms with Crippen LogP contribution in [0, 0.1) is 0 Å². The van der Waals surface area contributed by atoms with Gasteiger partial charge in [0.1, 0.15) is 0 Å². The second-order valence-electron chi connectivity index (χ2n) is 7.52. The number of anilines is 3. The van der Waals surface area contributed by atoms with Crippen LogP contribution < -0.4 is 10.2 Å². The minimum absolute atomic E-state index is 0.200. The van der Waals surface area contributed by atoms with Crippen molar-refractivity contribution in [3.8, 4) is 0 Å². The van der Waals surface area contributed by atoms with E-state index in [1.54, 1.807) is 12.4 Å². The summed E-state index contributed by atoms with van der Waals surface area (Å²) in [6.07, 6.45) is 4.17. The topological polar surface area (TPSA) is 58.1 Å². The van der Waals surface area contributed by atoms with Gasteiger partial charge in [0.15, 0.2) is 0 Å². The summed E-state index contributed by atoms with van der Waals surface area (Å²) in [5.41, 5.74) is 4.82. The number of para-hydroxylation sites is 2. The Morgan fingerprint density at radius 2 is 1.75 bits per heavy atom. The van der Waals surface area contributed by atoms with E-state index in [1.165, 1.54) is 5.56 Å². The van der Waals surface area contributed by atoms with Crippen LogP contribution in [-0.4, -0.2) is 21.9 Å². The lowest BCUT2D eigenvalue weighted by atomic mass is 10.0. The number of carbonyl (C=O) groups excluding carboxylic acids is 1. The number of aromatic nitrogens is 2. The van der Waals surface area contributed by atoms with E-state index >= 15 is 0 Å². The normalized spacial score (nSPS) is 15.6. The summed E-state index contributed by atoms with van der Waals surface area (Å²) in [5.74, 6) is 0.748. The van der Waals surface area contributed by atoms with E-state index < -0.39 is 0 Å². The Balaban J connectivity index is 1.55. The summed E-state index contributed by atoms with van der Waals surface area (Å²) < 4.78 is 0. The molecule has 0 radical (unpaired) electrons. The van der Waals surface area contributed by atoms with Crippen molar-refractivity contribution in [3.05, 3.63) is 77.6 Å². The molecule has 5 heteroatoms. The third kappa shape index (κ3) is 3.36. The van der Waals surface area contributed by atoms with Gasteiger partial charge in [-0.05, 0) is 42.5 Å². The van der Waals surface area contributed by atoms with Crippen LogP contribution in [0.4, 0.5) is 17.3 Å². The van der Waals surface area contributed by atoms with Crippen LogP contribution in [0.5, 0.6) is 0 Å². The number of amides is 1. The number of hydrogen-bond donors (Lipinski definition) is 1. The Morgan fingerprint density at radius 1 is 1.07 bits per heavy atom. The largest absolute Gasteiger partial charge is 0.322 e. The lowest BCUT2D eigenvalue weighted by molar-refractivity contribution is 0.102. The third-order valence-electron chi connectivity index (χ3n) is 5.15. The highest BCUT2D eigenvalue weighted by Gasteiger charge is 2.28. The molecule has 1 amide bonds. The summed E-state index contributed by atoms with van der Waals surface area (Å²) >= 11 is 0. The minimum atomic E-state index is -0.200. The highest BCUT2D eigenvalue weighted by molar-refractivity contribution is 6.04. The van der Waals surface area contributed by atoms with E-state index in [9.17, 15) is 4.79 Å². The van der Waals surface area contributed by atoms with Crippen molar-refractivity contribution < 1.29 is 4.79 Å². The quantitative estimate of drug-likeness (QED) is 0.705. The third-order valence-corrected chi connectivity index (χ3v) is 5.15. The number of carbonyl (C=O) groups is 1. The summed E-state index contributed by atoms with van der Waals surface area (Å²) in [6, 6.07) is 16.5. The van der Waals surface area contributed by atoms with Gasteiger partial charge in [-0.15, -0.1) is 0 Å². The minimum Gasteiger partial charge on any atom is -0.322 e. The molecule has 1 aromatic heterocycles. The molecule has 4 rings (SSSR count). The standard InChI is InChI=1S/C23H24N4O/c1-15(2)19-9-5-6-10-20(19)26-22(28)18-13-24-23(25-14-18)27-16(3)12-17-8-4-7-11-21(17)27/h4-11,13-16H,12H2,1-3H3,(H,26,28). The van der Waals surface area contributed by atoms with Gasteiger partial charge < -0.3 is 10.2 Å². The first-order valence-electron chi connectivity index (χ1n) is 9.64. The van der Waals surface area contributed by atoms with Crippen LogP contribution in [0.25, 0.3) is 0 Å². The molecule has 0 spiro atoms. The number of nitrogens with zero attached hydrogens (tertiary/aromatic N) is 3. The Hall–Kier alpha value is -3.21. The first-order valence-corrected chi connectivity index (χ1v) is 9.64. The average Bonchev–Trinajstić information content (AvgIpc) is 3.04. The van der Waals surface area contributed by atoms with Crippen LogP contribution >= 0.6 is 0 Å². The van der Waals surface area contributed by atoms with Crippen molar-refractivity contribution in [2.45, 2.75) is 39.2 Å². The number of fused-ring (bicyclic) bond motifs is 1. The van der Waals surface area contributed by atoms with Gasteiger partial charge in [0, 0.05) is 29.8 Å². The van der Waals surface area contributed by atoms with Crippen LogP contribution in [0.15, 0.2) is 60.9 Å². The molecule has 142 valence electrons. The van der Waals surface area contributed by atoms with E-state index in [1.807, 2.05) is 30.3 Å². The maximum atomic E-state index is 12.7. The van der Waals surface area contributed by atoms with E-state index in [4.69, 9.17) is 0 Å². The van der Waals surface area contributed by atoms with Gasteiger partial charge in [-0.2, -0.15) is 0 Å². The molecular formula is C23H24N4O. The highest BCUT2D eigenvalue weighted by Crippen LogP contribution is 2.36. The lowest BCUT2D eigenvalue weighted by Gasteiger charge is -2.22. The summed E-state index contributed by atoms with van der Waals surface area (Å²) in [5, 5.41) is 2.99. The molecule has 1 aliphatic rings. The molecule has 0 saturated heterocycles. The molecule has 1 unspecified atom stereocenters. The summed E-state index contributed by atoms with van der Waals surface area (Å²) in [4.78, 5) is 23.8. The molecule has 2 heterocycles. The molecule has 1 aliphatic heterocycles. The van der Waals surface area contributed by atoms with Gasteiger partial charge in [0.05, 0.1) is 5.56 Å². The number of nitrogens with one attached hydrogen (secondary N) is 1. The number of hydrogen-bond acceptors (Lipinski definition) is 4. The van der Waals surface area contributed by atoms with Gasteiger partial charge in [0.25, 0.3) is 5.91 Å². The van der Waals surface area contributed by atoms with Gasteiger partial charge in [-0.1, -0.05) is 50.2 Å². The zero-order valence-electron chi connectivity index (χ0n) is 16.4. The predicted octanol–water partition coefficient (Wildman–Crippen LogP) is 4.94. The van der Waals surface area contributed by atoms with Gasteiger partial charge in [-0.3, -0.25) is 4.79 Å². The monoisotopic (exact) mass is 372 g/mol. The molecule has 2 aromatic carbocycles. The maximum Gasteiger partial charge on any atom is 0.258 e. The van der Waals surface area contributed by atoms with Crippen molar-refractivity contribution in [2.75, 3.05) is 10.2 Å². The van der Waals surface area contributed by atoms with Crippen LogP contribution in [0.1, 0.15) is 48.2 Å². The predicted molar refractivity (Wildman–Crippen MR) is 112 cm³/mol. The van der Waals surface area contributed by atoms with E-state index in [0.29, 0.717) is 17.4 Å². The highest BCUT2D eigenvalue weighted by atomic mass is 16.1. The molecular weight excluding hydrogens is 348 g/mol. The fourth-order valence-electron chi connectivity index (χ4n) is 3.74. The Bertz CT molecular complexity index is 997. The van der Waals surface area contributed by atoms with Gasteiger partial charge in [-0.25, -0.2) is 9.97 Å². The molecule has 0 aliphatic carbocycles. The van der Waals surface area contributed by atoms with Gasteiger partial charge in [0.2, 0.25) is 5.95 Å². The fourth-order valence-corrected chi connectivity index (χ4v) is 3.74. The Morgan fingerprint density at radius 3 is 2.50 bits per heavy atom. The second-order valence-corrected chi connectivity index (χ2v) is 7.52. The Kier molecular flexibility index (Phi) is 4.82. The zero-order valence-corrected chi connectivity index (χ0v) is 16.4. The maximum absolute atomic E-state index is 12.7. The molecule has 5 nitrogen and oxygen atoms in total. The van der Waals surface area contributed by atoms with Crippen molar-refractivity contribution in [1.82, 2.24) is 9.97 Å². The Labute approximate surface area is 165 Å². The number of rotatable bonds is 4. The van der Waals surface area contributed by atoms with Crippen molar-refractivity contribution in [1.29, 1.82) is 0 Å².